The molecule has 1 N–H and O–H groups in total. The second-order valence-corrected chi connectivity index (χ2v) is 5.39. The average molecular weight is 300 g/mol. The van der Waals surface area contributed by atoms with Gasteiger partial charge in [0.15, 0.2) is 0 Å². The minimum atomic E-state index is 0.854. The largest absolute Gasteiger partial charge is 0.497 e. The van der Waals surface area contributed by atoms with E-state index in [2.05, 4.69) is 46.4 Å². The van der Waals surface area contributed by atoms with Crippen molar-refractivity contribution in [3.63, 3.8) is 0 Å². The number of ether oxygens (including phenoxy) is 1. The predicted molar refractivity (Wildman–Crippen MR) is 93.5 cm³/mol. The lowest BCUT2D eigenvalue weighted by molar-refractivity contribution is 0.415. The molecule has 0 fully saturated rings. The molecule has 0 radical (unpaired) electrons. The zero-order chi connectivity index (χ0) is 15.6. The first-order valence-corrected chi connectivity index (χ1v) is 7.52. The van der Waals surface area contributed by atoms with Crippen LogP contribution in [0.5, 0.6) is 5.75 Å². The number of hydrogen-bond donors (Lipinski definition) is 1. The zero-order valence-electron chi connectivity index (χ0n) is 12.8. The fourth-order valence-electron chi connectivity index (χ4n) is 2.91. The average Bonchev–Trinajstić information content (AvgIpc) is 3.02. The molecule has 3 heteroatoms. The van der Waals surface area contributed by atoms with Crippen LogP contribution in [0.15, 0.2) is 73.1 Å². The molecule has 2 aromatic heterocycles. The van der Waals surface area contributed by atoms with Crippen LogP contribution >= 0.6 is 0 Å². The summed E-state index contributed by atoms with van der Waals surface area (Å²) in [5.41, 5.74) is 5.67. The molecule has 2 heterocycles. The predicted octanol–water partition coefficient (Wildman–Crippen LogP) is 4.91. The molecular formula is C20H16N2O. The van der Waals surface area contributed by atoms with E-state index in [0.29, 0.717) is 0 Å². The summed E-state index contributed by atoms with van der Waals surface area (Å²) in [6.45, 7) is 0. The van der Waals surface area contributed by atoms with Gasteiger partial charge in [-0.1, -0.05) is 30.3 Å². The standard InChI is InChI=1S/C20H16N2O/c1-23-16-9-7-15(8-10-16)20-19(14-5-3-2-4-6-14)17-13-21-12-11-18(17)22-20/h2-13,22H,1H3. The highest BCUT2D eigenvalue weighted by Gasteiger charge is 2.14. The van der Waals surface area contributed by atoms with Crippen LogP contribution in [-0.4, -0.2) is 17.1 Å². The lowest BCUT2D eigenvalue weighted by Gasteiger charge is -2.06. The Morgan fingerprint density at radius 2 is 1.65 bits per heavy atom. The molecule has 0 atom stereocenters. The Morgan fingerprint density at radius 3 is 2.39 bits per heavy atom. The molecular weight excluding hydrogens is 284 g/mol. The van der Waals surface area contributed by atoms with E-state index in [-0.39, 0.29) is 0 Å². The summed E-state index contributed by atoms with van der Waals surface area (Å²) < 4.78 is 5.26. The summed E-state index contributed by atoms with van der Waals surface area (Å²) in [6.07, 6.45) is 3.73. The summed E-state index contributed by atoms with van der Waals surface area (Å²) >= 11 is 0. The number of nitrogens with one attached hydrogen (secondary N) is 1. The van der Waals surface area contributed by atoms with Crippen LogP contribution in [0.1, 0.15) is 0 Å². The third-order valence-electron chi connectivity index (χ3n) is 4.04. The molecule has 0 unspecified atom stereocenters. The number of benzene rings is 2. The Labute approximate surface area is 134 Å². The Morgan fingerprint density at radius 1 is 0.870 bits per heavy atom. The molecule has 0 spiro atoms. The third-order valence-corrected chi connectivity index (χ3v) is 4.04. The Kier molecular flexibility index (Phi) is 3.31. The molecule has 112 valence electrons. The van der Waals surface area contributed by atoms with Gasteiger partial charge in [-0.3, -0.25) is 4.98 Å². The summed E-state index contributed by atoms with van der Waals surface area (Å²) in [4.78, 5) is 7.83. The molecule has 0 aliphatic heterocycles. The van der Waals surface area contributed by atoms with Gasteiger partial charge in [0, 0.05) is 28.9 Å². The summed E-state index contributed by atoms with van der Waals surface area (Å²) in [5.74, 6) is 0.854. The molecule has 23 heavy (non-hydrogen) atoms. The Bertz CT molecular complexity index is 940. The van der Waals surface area contributed by atoms with Gasteiger partial charge in [-0.15, -0.1) is 0 Å². The van der Waals surface area contributed by atoms with E-state index >= 15 is 0 Å². The van der Waals surface area contributed by atoms with E-state index in [1.165, 1.54) is 11.1 Å². The van der Waals surface area contributed by atoms with Crippen molar-refractivity contribution in [3.8, 4) is 28.1 Å². The van der Waals surface area contributed by atoms with Crippen molar-refractivity contribution in [2.24, 2.45) is 0 Å². The molecule has 2 aromatic carbocycles. The van der Waals surface area contributed by atoms with Gasteiger partial charge in [-0.2, -0.15) is 0 Å². The van der Waals surface area contributed by atoms with Crippen molar-refractivity contribution in [2.75, 3.05) is 7.11 Å². The van der Waals surface area contributed by atoms with E-state index in [1.807, 2.05) is 36.7 Å². The van der Waals surface area contributed by atoms with Gasteiger partial charge in [0.1, 0.15) is 5.75 Å². The van der Waals surface area contributed by atoms with Crippen molar-refractivity contribution in [1.82, 2.24) is 9.97 Å². The topological polar surface area (TPSA) is 37.9 Å². The van der Waals surface area contributed by atoms with Crippen LogP contribution in [0, 0.1) is 0 Å². The van der Waals surface area contributed by atoms with Crippen molar-refractivity contribution >= 4 is 10.9 Å². The number of pyridine rings is 1. The fourth-order valence-corrected chi connectivity index (χ4v) is 2.91. The molecule has 0 saturated heterocycles. The molecule has 0 amide bonds. The number of fused-ring (bicyclic) bond motifs is 1. The van der Waals surface area contributed by atoms with Crippen LogP contribution in [0.2, 0.25) is 0 Å². The molecule has 0 bridgehead atoms. The monoisotopic (exact) mass is 300 g/mol. The van der Waals surface area contributed by atoms with E-state index in [9.17, 15) is 0 Å². The van der Waals surface area contributed by atoms with Crippen molar-refractivity contribution in [2.45, 2.75) is 0 Å². The van der Waals surface area contributed by atoms with Gasteiger partial charge in [-0.05, 0) is 41.5 Å². The summed E-state index contributed by atoms with van der Waals surface area (Å²) in [5, 5.41) is 1.13. The highest BCUT2D eigenvalue weighted by atomic mass is 16.5. The molecule has 0 aliphatic rings. The molecule has 4 aromatic rings. The second kappa shape index (κ2) is 5.61. The first-order chi connectivity index (χ1) is 11.4. The van der Waals surface area contributed by atoms with Gasteiger partial charge in [0.05, 0.1) is 12.8 Å². The molecule has 3 nitrogen and oxygen atoms in total. The highest BCUT2D eigenvalue weighted by molar-refractivity contribution is 6.03. The first kappa shape index (κ1) is 13.6. The SMILES string of the molecule is COc1ccc(-c2[nH]c3ccncc3c2-c2ccccc2)cc1. The maximum atomic E-state index is 5.26. The minimum absolute atomic E-state index is 0.854. The lowest BCUT2D eigenvalue weighted by Crippen LogP contribution is -1.85. The van der Waals surface area contributed by atoms with Gasteiger partial charge in [-0.25, -0.2) is 0 Å². The fraction of sp³-hybridized carbons (Fsp3) is 0.0500. The van der Waals surface area contributed by atoms with Gasteiger partial charge in [0.25, 0.3) is 0 Å². The van der Waals surface area contributed by atoms with E-state index in [1.54, 1.807) is 7.11 Å². The summed E-state index contributed by atoms with van der Waals surface area (Å²) in [7, 11) is 1.68. The van der Waals surface area contributed by atoms with Crippen molar-refractivity contribution < 1.29 is 4.74 Å². The van der Waals surface area contributed by atoms with Gasteiger partial charge in [0.2, 0.25) is 0 Å². The van der Waals surface area contributed by atoms with Crippen LogP contribution in [0.4, 0.5) is 0 Å². The summed E-state index contributed by atoms with van der Waals surface area (Å²) in [6, 6.07) is 20.5. The maximum absolute atomic E-state index is 5.26. The maximum Gasteiger partial charge on any atom is 0.118 e. The minimum Gasteiger partial charge on any atom is -0.497 e. The van der Waals surface area contributed by atoms with Crippen LogP contribution in [0.25, 0.3) is 33.3 Å². The number of nitrogens with zero attached hydrogens (tertiary/aromatic N) is 1. The number of hydrogen-bond acceptors (Lipinski definition) is 2. The highest BCUT2D eigenvalue weighted by Crippen LogP contribution is 2.38. The van der Waals surface area contributed by atoms with Crippen molar-refractivity contribution in [1.29, 1.82) is 0 Å². The normalized spacial score (nSPS) is 10.8. The molecule has 0 saturated carbocycles. The van der Waals surface area contributed by atoms with E-state index in [4.69, 9.17) is 4.74 Å². The number of aromatic amines is 1. The van der Waals surface area contributed by atoms with Crippen LogP contribution in [0.3, 0.4) is 0 Å². The van der Waals surface area contributed by atoms with Crippen LogP contribution < -0.4 is 4.74 Å². The smallest absolute Gasteiger partial charge is 0.118 e. The van der Waals surface area contributed by atoms with E-state index in [0.717, 1.165) is 27.9 Å². The molecule has 0 aliphatic carbocycles. The number of methoxy groups -OCH3 is 1. The van der Waals surface area contributed by atoms with E-state index < -0.39 is 0 Å². The molecule has 4 rings (SSSR count). The number of aromatic nitrogens is 2. The quantitative estimate of drug-likeness (QED) is 0.584. The Balaban J connectivity index is 1.98. The third kappa shape index (κ3) is 2.36. The number of H-pyrrole nitrogens is 1. The Hall–Kier alpha value is -3.07. The first-order valence-electron chi connectivity index (χ1n) is 7.52. The van der Waals surface area contributed by atoms with Crippen LogP contribution in [-0.2, 0) is 0 Å². The van der Waals surface area contributed by atoms with Gasteiger partial charge >= 0.3 is 0 Å². The van der Waals surface area contributed by atoms with Crippen molar-refractivity contribution in [3.05, 3.63) is 73.1 Å². The van der Waals surface area contributed by atoms with Gasteiger partial charge < -0.3 is 9.72 Å². The number of rotatable bonds is 3. The lowest BCUT2D eigenvalue weighted by atomic mass is 9.99. The zero-order valence-corrected chi connectivity index (χ0v) is 12.8. The second-order valence-electron chi connectivity index (χ2n) is 5.39.